The fraction of sp³-hybridized carbons (Fsp3) is 0.170. The lowest BCUT2D eigenvalue weighted by atomic mass is 10.1. The number of hydrogen-bond acceptors (Lipinski definition) is 18. The lowest BCUT2D eigenvalue weighted by Gasteiger charge is -2.23. The van der Waals surface area contributed by atoms with Crippen molar-refractivity contribution in [2.24, 2.45) is 4.99 Å². The molecule has 0 saturated carbocycles. The van der Waals surface area contributed by atoms with Crippen LogP contribution in [0.2, 0.25) is 20.1 Å². The van der Waals surface area contributed by atoms with E-state index in [-0.39, 0.29) is 67.4 Å². The van der Waals surface area contributed by atoms with E-state index in [4.69, 9.17) is 65.4 Å². The molecule has 1 N–H and O–H groups in total. The first-order valence-electron chi connectivity index (χ1n) is 22.8. The zero-order valence-electron chi connectivity index (χ0n) is 41.8. The molecule has 8 aromatic rings. The highest BCUT2D eigenvalue weighted by Gasteiger charge is 2.25. The molecular weight excluding hydrogens is 1090 g/mol. The Balaban J connectivity index is 0.000000213. The van der Waals surface area contributed by atoms with E-state index in [2.05, 4.69) is 40.2 Å². The van der Waals surface area contributed by atoms with Gasteiger partial charge in [0.1, 0.15) is 63.0 Å². The number of para-hydroxylation sites is 2. The van der Waals surface area contributed by atoms with Crippen molar-refractivity contribution in [2.45, 2.75) is 32.4 Å². The van der Waals surface area contributed by atoms with Crippen LogP contribution in [-0.2, 0) is 41.9 Å². The molecule has 0 atom stereocenters. The van der Waals surface area contributed by atoms with Gasteiger partial charge in [0.2, 0.25) is 12.0 Å². The van der Waals surface area contributed by atoms with E-state index in [1.54, 1.807) is 91.5 Å². The van der Waals surface area contributed by atoms with Crippen molar-refractivity contribution in [3.05, 3.63) is 214 Å². The number of nitro groups is 2. The van der Waals surface area contributed by atoms with Crippen LogP contribution in [0.3, 0.4) is 0 Å². The molecule has 25 heteroatoms. The van der Waals surface area contributed by atoms with Gasteiger partial charge in [0.15, 0.2) is 0 Å². The number of aromatic nitrogens is 6. The first-order valence-corrected chi connectivity index (χ1v) is 24.4. The number of isocyanates is 1. The number of carbonyl (C=O) groups is 1. The molecule has 400 valence electrons. The molecule has 0 fully saturated rings. The van der Waals surface area contributed by atoms with Crippen molar-refractivity contribution < 1.29 is 38.4 Å². The Hall–Kier alpha value is -8.85. The van der Waals surface area contributed by atoms with Gasteiger partial charge in [0.25, 0.3) is 11.4 Å². The Morgan fingerprint density at radius 3 is 1.58 bits per heavy atom. The molecule has 0 bridgehead atoms. The second kappa shape index (κ2) is 28.9. The number of ether oxygens (including phenoxy) is 4. The number of anilines is 2. The first kappa shape index (κ1) is 58.4. The third-order valence-corrected chi connectivity index (χ3v) is 12.7. The van der Waals surface area contributed by atoms with Gasteiger partial charge in [-0.25, -0.2) is 24.7 Å². The number of nitrogens with zero attached hydrogens (tertiary/aromatic N) is 10. The molecule has 21 nitrogen and oxygen atoms in total. The number of hydrogen-bond donors (Lipinski definition) is 1. The van der Waals surface area contributed by atoms with Crippen molar-refractivity contribution in [3.8, 4) is 23.0 Å². The lowest BCUT2D eigenvalue weighted by Crippen LogP contribution is -2.33. The van der Waals surface area contributed by atoms with Crippen LogP contribution in [0.4, 0.5) is 28.7 Å². The molecule has 1 amide bonds. The molecule has 0 aliphatic rings. The molecular formula is C53H45Cl4N11O10. The number of nitrogens with one attached hydrogen (secondary N) is 1. The lowest BCUT2D eigenvalue weighted by molar-refractivity contribution is -0.385. The van der Waals surface area contributed by atoms with Gasteiger partial charge < -0.3 is 24.3 Å². The summed E-state index contributed by atoms with van der Waals surface area (Å²) in [6.45, 7) is 0.782. The summed E-state index contributed by atoms with van der Waals surface area (Å²) < 4.78 is 20.6. The van der Waals surface area contributed by atoms with E-state index >= 15 is 0 Å². The number of nitro benzene ring substituents is 2. The highest BCUT2D eigenvalue weighted by atomic mass is 35.5. The zero-order chi connectivity index (χ0) is 56.1. The fourth-order valence-electron chi connectivity index (χ4n) is 7.30. The smallest absolute Gasteiger partial charge is 0.272 e. The predicted octanol–water partition coefficient (Wildman–Crippen LogP) is 11.4. The Kier molecular flexibility index (Phi) is 21.6. The summed E-state index contributed by atoms with van der Waals surface area (Å²) in [5.41, 5.74) is 4.74. The van der Waals surface area contributed by atoms with Gasteiger partial charge in [0.05, 0.1) is 72.7 Å². The van der Waals surface area contributed by atoms with Crippen molar-refractivity contribution in [1.29, 1.82) is 0 Å². The van der Waals surface area contributed by atoms with E-state index in [1.165, 1.54) is 70.3 Å². The maximum absolute atomic E-state index is 13.8. The number of pyridine rings is 2. The number of methoxy groups -OCH3 is 4. The fourth-order valence-corrected chi connectivity index (χ4v) is 8.52. The van der Waals surface area contributed by atoms with Gasteiger partial charge in [-0.15, -0.1) is 0 Å². The Morgan fingerprint density at radius 1 is 0.628 bits per heavy atom. The second-order valence-corrected chi connectivity index (χ2v) is 17.5. The summed E-state index contributed by atoms with van der Waals surface area (Å²) in [5.74, 6) is 1.91. The Labute approximate surface area is 466 Å². The maximum Gasteiger partial charge on any atom is 0.272 e. The van der Waals surface area contributed by atoms with Gasteiger partial charge in [-0.1, -0.05) is 82.8 Å². The standard InChI is InChI=1S/C27H23Cl2N5O5.C17H15N5O2.C9H7Cl2NO3/c1-38-22-14-23(39-2)27(29)20(26(22)28)13-25(35)33(15-17-7-9-30-10-8-17)24-12-19(31-16-32-24)11-18-5-3-4-6-21(18)34(36)37;23-22(24)16-4-2-1-3-14(16)9-15-10-17(21-12-20-15)19-11-13-5-7-18-8-6-13;1-14-5-3-6(15-2)8(11)9(7(5)10)12-4-13/h3-10,12,14,16H,11,13,15H2,1-2H3;1-8,10,12H,9,11H2,(H,19,20,21);3H,1-2H3. The molecule has 0 spiro atoms. The quantitative estimate of drug-likeness (QED) is 0.0341. The summed E-state index contributed by atoms with van der Waals surface area (Å²) >= 11 is 24.8. The molecule has 0 saturated heterocycles. The molecule has 0 aliphatic heterocycles. The van der Waals surface area contributed by atoms with Crippen LogP contribution in [-0.4, -0.2) is 80.2 Å². The summed E-state index contributed by atoms with van der Waals surface area (Å²) in [7, 11) is 5.77. The van der Waals surface area contributed by atoms with E-state index in [0.717, 1.165) is 16.8 Å². The van der Waals surface area contributed by atoms with E-state index in [1.807, 2.05) is 12.1 Å². The molecule has 0 radical (unpaired) electrons. The van der Waals surface area contributed by atoms with Crippen LogP contribution >= 0.6 is 46.4 Å². The van der Waals surface area contributed by atoms with Gasteiger partial charge in [-0.2, -0.15) is 4.99 Å². The molecule has 4 aromatic carbocycles. The largest absolute Gasteiger partial charge is 0.495 e. The zero-order valence-corrected chi connectivity index (χ0v) is 44.8. The van der Waals surface area contributed by atoms with Crippen LogP contribution < -0.4 is 29.2 Å². The highest BCUT2D eigenvalue weighted by molar-refractivity contribution is 6.40. The van der Waals surface area contributed by atoms with Gasteiger partial charge in [0, 0.05) is 97.3 Å². The van der Waals surface area contributed by atoms with Gasteiger partial charge in [-0.3, -0.25) is 39.9 Å². The van der Waals surface area contributed by atoms with Crippen LogP contribution in [0.1, 0.15) is 39.2 Å². The van der Waals surface area contributed by atoms with E-state index in [0.29, 0.717) is 70.0 Å². The summed E-state index contributed by atoms with van der Waals surface area (Å²) in [5, 5.41) is 26.5. The Morgan fingerprint density at radius 2 is 1.09 bits per heavy atom. The van der Waals surface area contributed by atoms with Crippen LogP contribution in [0.25, 0.3) is 0 Å². The number of carbonyl (C=O) groups excluding carboxylic acids is 2. The monoisotopic (exact) mass is 1140 g/mol. The average Bonchev–Trinajstić information content (AvgIpc) is 3.46. The molecule has 4 heterocycles. The minimum atomic E-state index is -0.438. The van der Waals surface area contributed by atoms with E-state index < -0.39 is 4.92 Å². The van der Waals surface area contributed by atoms with Crippen LogP contribution in [0.15, 0.2) is 139 Å². The minimum Gasteiger partial charge on any atom is -0.495 e. The Bertz CT molecular complexity index is 3380. The van der Waals surface area contributed by atoms with Crippen molar-refractivity contribution >= 4 is 87.1 Å². The number of amides is 1. The minimum absolute atomic E-state index is 0.0152. The van der Waals surface area contributed by atoms with Gasteiger partial charge in [-0.05, 0) is 35.4 Å². The third kappa shape index (κ3) is 15.6. The third-order valence-electron chi connectivity index (χ3n) is 11.1. The van der Waals surface area contributed by atoms with Crippen LogP contribution in [0, 0.1) is 20.2 Å². The number of rotatable bonds is 19. The predicted molar refractivity (Wildman–Crippen MR) is 293 cm³/mol. The summed E-state index contributed by atoms with van der Waals surface area (Å²) in [6, 6.07) is 27.0. The average molecular weight is 1140 g/mol. The summed E-state index contributed by atoms with van der Waals surface area (Å²) in [6.07, 6.45) is 11.2. The second-order valence-electron chi connectivity index (χ2n) is 16.0. The number of aliphatic imine (C=N–C) groups is 1. The molecule has 8 rings (SSSR count). The maximum atomic E-state index is 13.8. The van der Waals surface area contributed by atoms with Crippen LogP contribution in [0.5, 0.6) is 23.0 Å². The highest BCUT2D eigenvalue weighted by Crippen LogP contribution is 2.45. The molecule has 78 heavy (non-hydrogen) atoms. The topological polar surface area (TPSA) is 262 Å². The number of halogens is 4. The van der Waals surface area contributed by atoms with Crippen molar-refractivity contribution in [1.82, 2.24) is 29.9 Å². The molecule has 0 aliphatic carbocycles. The SMILES string of the molecule is COc1cc(OC)c(Cl)c(CC(=O)N(Cc2ccncc2)c2cc(Cc3ccccc3[N+](=O)[O-])ncn2)c1Cl.COc1cc(OC)c(Cl)c(N=C=O)c1Cl.O=[N+]([O-])c1ccccc1Cc1cc(NCc2ccncc2)ncn1. The van der Waals surface area contributed by atoms with Crippen molar-refractivity contribution in [2.75, 3.05) is 38.7 Å². The molecule has 0 unspecified atom stereocenters. The van der Waals surface area contributed by atoms with Gasteiger partial charge >= 0.3 is 0 Å². The first-order chi connectivity index (χ1) is 37.7. The molecule has 4 aromatic heterocycles. The normalized spacial score (nSPS) is 10.3. The van der Waals surface area contributed by atoms with Crippen molar-refractivity contribution in [3.63, 3.8) is 0 Å². The summed E-state index contributed by atoms with van der Waals surface area (Å²) in [4.78, 5) is 75.6. The van der Waals surface area contributed by atoms with E-state index in [9.17, 15) is 29.8 Å². The number of benzene rings is 4.